The minimum Gasteiger partial charge on any atom is -0.387 e. The van der Waals surface area contributed by atoms with Gasteiger partial charge in [0.2, 0.25) is 0 Å². The summed E-state index contributed by atoms with van der Waals surface area (Å²) in [5.74, 6) is 0.153. The molecule has 2 atom stereocenters. The molecular weight excluding hydrogens is 184 g/mol. The summed E-state index contributed by atoms with van der Waals surface area (Å²) in [6.07, 6.45) is 0.454. The van der Waals surface area contributed by atoms with Gasteiger partial charge in [0.1, 0.15) is 0 Å². The lowest BCUT2D eigenvalue weighted by atomic mass is 9.98. The van der Waals surface area contributed by atoms with Crippen LogP contribution in [0.2, 0.25) is 0 Å². The second kappa shape index (κ2) is 4.69. The Bertz CT molecular complexity index is 258. The normalized spacial score (nSPS) is 15.7. The maximum atomic E-state index is 9.88. The van der Waals surface area contributed by atoms with Crippen molar-refractivity contribution in [3.05, 3.63) is 16.6 Å². The summed E-state index contributed by atoms with van der Waals surface area (Å²) in [7, 11) is 0. The molecule has 0 saturated carbocycles. The first-order valence-corrected chi connectivity index (χ1v) is 5.27. The molecule has 1 rings (SSSR count). The summed E-state index contributed by atoms with van der Waals surface area (Å²) in [6.45, 7) is 4.49. The van der Waals surface area contributed by atoms with Crippen LogP contribution in [0.5, 0.6) is 0 Å². The minimum atomic E-state index is -0.443. The first-order chi connectivity index (χ1) is 6.19. The number of rotatable bonds is 4. The standard InChI is InChI=1S/C9H16N2OS/c1-3-7(5-10)9(12)8-4-6(2)11-13-8/h4,7,9,12H,3,5,10H2,1-2H3. The zero-order chi connectivity index (χ0) is 9.84. The van der Waals surface area contributed by atoms with E-state index in [2.05, 4.69) is 4.37 Å². The molecule has 0 bridgehead atoms. The number of nitrogens with zero attached hydrogens (tertiary/aromatic N) is 1. The number of nitrogens with two attached hydrogens (primary N) is 1. The number of aliphatic hydroxyl groups excluding tert-OH is 1. The van der Waals surface area contributed by atoms with E-state index >= 15 is 0 Å². The van der Waals surface area contributed by atoms with E-state index in [1.165, 1.54) is 11.5 Å². The molecule has 0 aromatic carbocycles. The van der Waals surface area contributed by atoms with E-state index in [0.717, 1.165) is 17.0 Å². The number of aromatic nitrogens is 1. The maximum Gasteiger partial charge on any atom is 0.0937 e. The van der Waals surface area contributed by atoms with Crippen molar-refractivity contribution in [2.75, 3.05) is 6.54 Å². The van der Waals surface area contributed by atoms with Gasteiger partial charge >= 0.3 is 0 Å². The van der Waals surface area contributed by atoms with Crippen molar-refractivity contribution in [1.82, 2.24) is 4.37 Å². The first-order valence-electron chi connectivity index (χ1n) is 4.50. The van der Waals surface area contributed by atoms with Crippen LogP contribution < -0.4 is 5.73 Å². The molecule has 74 valence electrons. The largest absolute Gasteiger partial charge is 0.387 e. The van der Waals surface area contributed by atoms with E-state index in [-0.39, 0.29) is 5.92 Å². The Morgan fingerprint density at radius 2 is 2.38 bits per heavy atom. The Morgan fingerprint density at radius 1 is 1.69 bits per heavy atom. The molecule has 0 radical (unpaired) electrons. The summed E-state index contributed by atoms with van der Waals surface area (Å²) in [6, 6.07) is 1.92. The average Bonchev–Trinajstić information content (AvgIpc) is 2.54. The van der Waals surface area contributed by atoms with Crippen molar-refractivity contribution in [3.8, 4) is 0 Å². The summed E-state index contributed by atoms with van der Waals surface area (Å²) >= 11 is 1.36. The van der Waals surface area contributed by atoms with E-state index in [9.17, 15) is 5.11 Å². The van der Waals surface area contributed by atoms with E-state index in [1.807, 2.05) is 19.9 Å². The summed E-state index contributed by atoms with van der Waals surface area (Å²) in [5.41, 5.74) is 6.52. The van der Waals surface area contributed by atoms with Crippen LogP contribution >= 0.6 is 11.5 Å². The SMILES string of the molecule is CCC(CN)C(O)c1cc(C)ns1. The molecule has 4 heteroatoms. The average molecular weight is 200 g/mol. The molecule has 0 aliphatic carbocycles. The van der Waals surface area contributed by atoms with Gasteiger partial charge in [-0.2, -0.15) is 4.37 Å². The lowest BCUT2D eigenvalue weighted by molar-refractivity contribution is 0.113. The molecule has 0 spiro atoms. The molecule has 0 amide bonds. The van der Waals surface area contributed by atoms with Gasteiger partial charge in [0.05, 0.1) is 16.7 Å². The maximum absolute atomic E-state index is 9.88. The second-order valence-corrected chi connectivity index (χ2v) is 4.06. The molecular formula is C9H16N2OS. The van der Waals surface area contributed by atoms with Crippen molar-refractivity contribution < 1.29 is 5.11 Å². The highest BCUT2D eigenvalue weighted by Crippen LogP contribution is 2.27. The van der Waals surface area contributed by atoms with Gasteiger partial charge in [-0.3, -0.25) is 0 Å². The van der Waals surface area contributed by atoms with Crippen molar-refractivity contribution in [3.63, 3.8) is 0 Å². The molecule has 1 heterocycles. The highest BCUT2D eigenvalue weighted by molar-refractivity contribution is 7.05. The second-order valence-electron chi connectivity index (χ2n) is 3.22. The zero-order valence-corrected chi connectivity index (χ0v) is 8.84. The third kappa shape index (κ3) is 2.49. The van der Waals surface area contributed by atoms with Gasteiger partial charge in [-0.1, -0.05) is 6.92 Å². The van der Waals surface area contributed by atoms with E-state index < -0.39 is 6.10 Å². The van der Waals surface area contributed by atoms with Gasteiger partial charge in [0.15, 0.2) is 0 Å². The first kappa shape index (κ1) is 10.6. The van der Waals surface area contributed by atoms with Crippen molar-refractivity contribution in [2.24, 2.45) is 11.7 Å². The summed E-state index contributed by atoms with van der Waals surface area (Å²) < 4.78 is 4.13. The van der Waals surface area contributed by atoms with Crippen LogP contribution in [0.4, 0.5) is 0 Å². The fraction of sp³-hybridized carbons (Fsp3) is 0.667. The van der Waals surface area contributed by atoms with Crippen LogP contribution in [-0.2, 0) is 0 Å². The molecule has 1 aromatic rings. The van der Waals surface area contributed by atoms with Crippen LogP contribution in [0.3, 0.4) is 0 Å². The molecule has 0 saturated heterocycles. The van der Waals surface area contributed by atoms with Gasteiger partial charge in [0, 0.05) is 5.92 Å². The van der Waals surface area contributed by atoms with E-state index in [4.69, 9.17) is 5.73 Å². The topological polar surface area (TPSA) is 59.1 Å². The Kier molecular flexibility index (Phi) is 3.84. The quantitative estimate of drug-likeness (QED) is 0.773. The fourth-order valence-corrected chi connectivity index (χ4v) is 2.10. The molecule has 0 fully saturated rings. The Balaban J connectivity index is 2.71. The third-order valence-electron chi connectivity index (χ3n) is 2.21. The number of aliphatic hydroxyl groups is 1. The van der Waals surface area contributed by atoms with Gasteiger partial charge < -0.3 is 10.8 Å². The molecule has 13 heavy (non-hydrogen) atoms. The molecule has 3 N–H and O–H groups in total. The van der Waals surface area contributed by atoms with Gasteiger partial charge in [-0.05, 0) is 37.5 Å². The molecule has 0 aliphatic heterocycles. The zero-order valence-electron chi connectivity index (χ0n) is 8.03. The Morgan fingerprint density at radius 3 is 2.77 bits per heavy atom. The van der Waals surface area contributed by atoms with Crippen LogP contribution in [0, 0.1) is 12.8 Å². The Labute approximate surface area is 82.8 Å². The smallest absolute Gasteiger partial charge is 0.0937 e. The minimum absolute atomic E-state index is 0.153. The molecule has 2 unspecified atom stereocenters. The Hall–Kier alpha value is -0.450. The summed E-state index contributed by atoms with van der Waals surface area (Å²) in [5, 5.41) is 9.88. The van der Waals surface area contributed by atoms with Crippen molar-refractivity contribution in [1.29, 1.82) is 0 Å². The van der Waals surface area contributed by atoms with Gasteiger partial charge in [-0.15, -0.1) is 0 Å². The predicted octanol–water partition coefficient (Wildman–Crippen LogP) is 1.47. The summed E-state index contributed by atoms with van der Waals surface area (Å²) in [4.78, 5) is 0.926. The van der Waals surface area contributed by atoms with Gasteiger partial charge in [-0.25, -0.2) is 0 Å². The highest BCUT2D eigenvalue weighted by Gasteiger charge is 2.19. The van der Waals surface area contributed by atoms with Crippen LogP contribution in [0.25, 0.3) is 0 Å². The van der Waals surface area contributed by atoms with E-state index in [0.29, 0.717) is 6.54 Å². The molecule has 3 nitrogen and oxygen atoms in total. The lowest BCUT2D eigenvalue weighted by Crippen LogP contribution is -2.20. The monoisotopic (exact) mass is 200 g/mol. The highest BCUT2D eigenvalue weighted by atomic mass is 32.1. The number of hydrogen-bond donors (Lipinski definition) is 2. The van der Waals surface area contributed by atoms with Crippen LogP contribution in [0.15, 0.2) is 6.07 Å². The van der Waals surface area contributed by atoms with Crippen molar-refractivity contribution in [2.45, 2.75) is 26.4 Å². The predicted molar refractivity (Wildman–Crippen MR) is 54.6 cm³/mol. The lowest BCUT2D eigenvalue weighted by Gasteiger charge is -2.17. The number of hydrogen-bond acceptors (Lipinski definition) is 4. The van der Waals surface area contributed by atoms with Crippen LogP contribution in [0.1, 0.15) is 30.0 Å². The third-order valence-corrected chi connectivity index (χ3v) is 3.16. The van der Waals surface area contributed by atoms with Crippen LogP contribution in [-0.4, -0.2) is 16.0 Å². The van der Waals surface area contributed by atoms with E-state index in [1.54, 1.807) is 0 Å². The van der Waals surface area contributed by atoms with Gasteiger partial charge in [0.25, 0.3) is 0 Å². The molecule has 1 aromatic heterocycles. The fourth-order valence-electron chi connectivity index (χ4n) is 1.27. The molecule has 0 aliphatic rings. The number of aryl methyl sites for hydroxylation is 1. The van der Waals surface area contributed by atoms with Crippen molar-refractivity contribution >= 4 is 11.5 Å².